The minimum absolute atomic E-state index is 0.0527. The molecule has 1 aromatic rings. The first-order valence-corrected chi connectivity index (χ1v) is 8.52. The van der Waals surface area contributed by atoms with Gasteiger partial charge in [-0.25, -0.2) is 8.42 Å². The summed E-state index contributed by atoms with van der Waals surface area (Å²) in [4.78, 5) is 0. The van der Waals surface area contributed by atoms with Gasteiger partial charge in [0.15, 0.2) is 11.5 Å². The summed E-state index contributed by atoms with van der Waals surface area (Å²) in [7, 11) is 0.0636. The maximum Gasteiger partial charge on any atom is 0.161 e. The molecule has 6 heteroatoms. The molecule has 1 unspecified atom stereocenters. The molecule has 0 aromatic heterocycles. The van der Waals surface area contributed by atoms with Crippen molar-refractivity contribution in [2.45, 2.75) is 19.9 Å². The van der Waals surface area contributed by atoms with Gasteiger partial charge in [-0.1, -0.05) is 6.92 Å². The Labute approximate surface area is 121 Å². The Bertz CT molecular complexity index is 555. The van der Waals surface area contributed by atoms with E-state index in [0.29, 0.717) is 18.0 Å². The Morgan fingerprint density at radius 1 is 1.20 bits per heavy atom. The summed E-state index contributed by atoms with van der Waals surface area (Å²) in [6, 6.07) is 3.45. The van der Waals surface area contributed by atoms with Crippen molar-refractivity contribution in [2.75, 3.05) is 32.8 Å². The lowest BCUT2D eigenvalue weighted by molar-refractivity contribution is 0.353. The third-order valence-electron chi connectivity index (χ3n) is 3.07. The van der Waals surface area contributed by atoms with E-state index in [-0.39, 0.29) is 11.8 Å². The van der Waals surface area contributed by atoms with Crippen molar-refractivity contribution in [3.05, 3.63) is 23.3 Å². The van der Waals surface area contributed by atoms with Gasteiger partial charge in [0.2, 0.25) is 0 Å². The Kier molecular flexibility index (Phi) is 5.83. The molecule has 0 aliphatic carbocycles. The maximum absolute atomic E-state index is 11.6. The Morgan fingerprint density at radius 3 is 2.20 bits per heavy atom. The van der Waals surface area contributed by atoms with Gasteiger partial charge in [0.1, 0.15) is 9.84 Å². The maximum atomic E-state index is 11.6. The van der Waals surface area contributed by atoms with E-state index in [2.05, 4.69) is 5.32 Å². The molecular formula is C14H23NO4S. The van der Waals surface area contributed by atoms with E-state index in [1.54, 1.807) is 14.2 Å². The van der Waals surface area contributed by atoms with Crippen LogP contribution in [0.5, 0.6) is 11.5 Å². The van der Waals surface area contributed by atoms with Crippen LogP contribution in [0.1, 0.15) is 24.1 Å². The molecule has 0 amide bonds. The highest BCUT2D eigenvalue weighted by atomic mass is 32.2. The van der Waals surface area contributed by atoms with Crippen molar-refractivity contribution in [1.29, 1.82) is 0 Å². The smallest absolute Gasteiger partial charge is 0.161 e. The molecule has 5 nitrogen and oxygen atoms in total. The van der Waals surface area contributed by atoms with Crippen LogP contribution in [0.2, 0.25) is 0 Å². The second-order valence-electron chi connectivity index (χ2n) is 4.77. The van der Waals surface area contributed by atoms with Gasteiger partial charge in [0, 0.05) is 12.3 Å². The van der Waals surface area contributed by atoms with Gasteiger partial charge in [-0.05, 0) is 36.7 Å². The summed E-state index contributed by atoms with van der Waals surface area (Å²) in [6.07, 6.45) is 1.24. The molecule has 0 aliphatic heterocycles. The third-order valence-corrected chi connectivity index (χ3v) is 4.01. The third kappa shape index (κ3) is 4.38. The summed E-state index contributed by atoms with van der Waals surface area (Å²) in [6.45, 7) is 4.57. The van der Waals surface area contributed by atoms with Crippen LogP contribution in [-0.2, 0) is 9.84 Å². The van der Waals surface area contributed by atoms with E-state index in [1.807, 2.05) is 26.0 Å². The standard InChI is InChI=1S/C14H23NO4S/c1-6-15-12(9-20(5,16)17)11-8-14(19-4)13(18-3)7-10(11)2/h7-8,12,15H,6,9H2,1-5H3. The first-order chi connectivity index (χ1) is 9.32. The predicted molar refractivity (Wildman–Crippen MR) is 80.4 cm³/mol. The lowest BCUT2D eigenvalue weighted by Gasteiger charge is -2.21. The average Bonchev–Trinajstić information content (AvgIpc) is 2.36. The van der Waals surface area contributed by atoms with Gasteiger partial charge in [-0.15, -0.1) is 0 Å². The van der Waals surface area contributed by atoms with Gasteiger partial charge < -0.3 is 14.8 Å². The molecule has 114 valence electrons. The summed E-state index contributed by atoms with van der Waals surface area (Å²) in [5.41, 5.74) is 1.88. The van der Waals surface area contributed by atoms with E-state index in [1.165, 1.54) is 6.26 Å². The average molecular weight is 301 g/mol. The predicted octanol–water partition coefficient (Wildman–Crippen LogP) is 1.71. The second-order valence-corrected chi connectivity index (χ2v) is 6.95. The number of hydrogen-bond acceptors (Lipinski definition) is 5. The zero-order valence-corrected chi connectivity index (χ0v) is 13.5. The molecule has 1 atom stereocenters. The summed E-state index contributed by atoms with van der Waals surface area (Å²) in [5.74, 6) is 1.30. The highest BCUT2D eigenvalue weighted by Gasteiger charge is 2.20. The van der Waals surface area contributed by atoms with Crippen LogP contribution in [0, 0.1) is 6.92 Å². The Hall–Kier alpha value is -1.27. The molecular weight excluding hydrogens is 278 g/mol. The quantitative estimate of drug-likeness (QED) is 0.830. The van der Waals surface area contributed by atoms with Crippen LogP contribution in [-0.4, -0.2) is 41.2 Å². The number of sulfone groups is 1. The zero-order chi connectivity index (χ0) is 15.3. The molecule has 20 heavy (non-hydrogen) atoms. The molecule has 0 saturated carbocycles. The van der Waals surface area contributed by atoms with Crippen LogP contribution >= 0.6 is 0 Å². The normalized spacial score (nSPS) is 13.1. The number of nitrogens with one attached hydrogen (secondary N) is 1. The van der Waals surface area contributed by atoms with Gasteiger partial charge in [-0.2, -0.15) is 0 Å². The molecule has 1 rings (SSSR count). The number of aryl methyl sites for hydroxylation is 1. The molecule has 0 spiro atoms. The molecule has 0 bridgehead atoms. The lowest BCUT2D eigenvalue weighted by Crippen LogP contribution is -2.28. The zero-order valence-electron chi connectivity index (χ0n) is 12.7. The van der Waals surface area contributed by atoms with Gasteiger partial charge in [-0.3, -0.25) is 0 Å². The van der Waals surface area contributed by atoms with Crippen molar-refractivity contribution >= 4 is 9.84 Å². The van der Waals surface area contributed by atoms with Crippen LogP contribution < -0.4 is 14.8 Å². The number of benzene rings is 1. The largest absolute Gasteiger partial charge is 0.493 e. The van der Waals surface area contributed by atoms with E-state index in [4.69, 9.17) is 9.47 Å². The number of ether oxygens (including phenoxy) is 2. The van der Waals surface area contributed by atoms with Gasteiger partial charge in [0.25, 0.3) is 0 Å². The molecule has 0 aliphatic rings. The van der Waals surface area contributed by atoms with Crippen LogP contribution in [0.15, 0.2) is 12.1 Å². The molecule has 0 fully saturated rings. The monoisotopic (exact) mass is 301 g/mol. The SMILES string of the molecule is CCNC(CS(C)(=O)=O)c1cc(OC)c(OC)cc1C. The summed E-state index contributed by atoms with van der Waals surface area (Å²) >= 11 is 0. The Morgan fingerprint density at radius 2 is 1.75 bits per heavy atom. The van der Waals surface area contributed by atoms with Gasteiger partial charge >= 0.3 is 0 Å². The fraction of sp³-hybridized carbons (Fsp3) is 0.571. The highest BCUT2D eigenvalue weighted by Crippen LogP contribution is 2.33. The molecule has 0 heterocycles. The molecule has 1 N–H and O–H groups in total. The fourth-order valence-electron chi connectivity index (χ4n) is 2.18. The number of methoxy groups -OCH3 is 2. The first-order valence-electron chi connectivity index (χ1n) is 6.46. The lowest BCUT2D eigenvalue weighted by atomic mass is 10.0. The minimum atomic E-state index is -3.08. The van der Waals surface area contributed by atoms with Crippen molar-refractivity contribution in [3.63, 3.8) is 0 Å². The highest BCUT2D eigenvalue weighted by molar-refractivity contribution is 7.90. The molecule has 1 aromatic carbocycles. The fourth-order valence-corrected chi connectivity index (χ4v) is 3.08. The number of rotatable bonds is 7. The van der Waals surface area contributed by atoms with Crippen LogP contribution in [0.4, 0.5) is 0 Å². The van der Waals surface area contributed by atoms with Crippen molar-refractivity contribution < 1.29 is 17.9 Å². The molecule has 0 saturated heterocycles. The summed E-state index contributed by atoms with van der Waals surface area (Å²) < 4.78 is 33.7. The van der Waals surface area contributed by atoms with Crippen molar-refractivity contribution in [3.8, 4) is 11.5 Å². The number of hydrogen-bond donors (Lipinski definition) is 1. The van der Waals surface area contributed by atoms with Gasteiger partial charge in [0.05, 0.1) is 20.0 Å². The van der Waals surface area contributed by atoms with Crippen LogP contribution in [0.3, 0.4) is 0 Å². The van der Waals surface area contributed by atoms with Crippen LogP contribution in [0.25, 0.3) is 0 Å². The van der Waals surface area contributed by atoms with E-state index in [9.17, 15) is 8.42 Å². The molecule has 0 radical (unpaired) electrons. The first kappa shape index (κ1) is 16.8. The minimum Gasteiger partial charge on any atom is -0.493 e. The topological polar surface area (TPSA) is 64.6 Å². The second kappa shape index (κ2) is 6.95. The van der Waals surface area contributed by atoms with E-state index in [0.717, 1.165) is 11.1 Å². The van der Waals surface area contributed by atoms with Crippen molar-refractivity contribution in [1.82, 2.24) is 5.32 Å². The Balaban J connectivity index is 3.25. The summed E-state index contributed by atoms with van der Waals surface area (Å²) in [5, 5.41) is 3.21. The van der Waals surface area contributed by atoms with E-state index >= 15 is 0 Å². The van der Waals surface area contributed by atoms with E-state index < -0.39 is 9.84 Å². The van der Waals surface area contributed by atoms with Crippen molar-refractivity contribution in [2.24, 2.45) is 0 Å².